The van der Waals surface area contributed by atoms with Crippen LogP contribution < -0.4 is 0 Å². The van der Waals surface area contributed by atoms with Gasteiger partial charge in [0, 0.05) is 6.42 Å². The molecule has 0 radical (unpaired) electrons. The van der Waals surface area contributed by atoms with Gasteiger partial charge in [0.2, 0.25) is 0 Å². The molecule has 0 saturated heterocycles. The minimum atomic E-state index is 0.619. The van der Waals surface area contributed by atoms with Crippen molar-refractivity contribution in [2.75, 3.05) is 6.54 Å². The van der Waals surface area contributed by atoms with Crippen LogP contribution in [0.3, 0.4) is 0 Å². The summed E-state index contributed by atoms with van der Waals surface area (Å²) in [7, 11) is 0. The Hall–Kier alpha value is -0.510. The molecular formula is C6H10N+. The lowest BCUT2D eigenvalue weighted by Crippen LogP contribution is -1.95. The van der Waals surface area contributed by atoms with E-state index in [1.807, 2.05) is 0 Å². The monoisotopic (exact) mass is 96.1 g/mol. The Labute approximate surface area is 44.2 Å². The fourth-order valence-electron chi connectivity index (χ4n) is 0.761. The van der Waals surface area contributed by atoms with E-state index in [9.17, 15) is 0 Å². The second-order valence-corrected chi connectivity index (χ2v) is 2.05. The normalized spacial score (nSPS) is 28.4. The molecule has 0 aliphatic carbocycles. The summed E-state index contributed by atoms with van der Waals surface area (Å²) < 4.78 is 0. The highest BCUT2D eigenvalue weighted by Gasteiger charge is 2.09. The van der Waals surface area contributed by atoms with E-state index < -0.39 is 0 Å². The molecule has 0 saturated carbocycles. The molecule has 0 bridgehead atoms. The second-order valence-electron chi connectivity index (χ2n) is 2.05. The van der Waals surface area contributed by atoms with Crippen LogP contribution in [0.25, 0.3) is 4.85 Å². The van der Waals surface area contributed by atoms with Crippen molar-refractivity contribution < 1.29 is 0 Å². The number of rotatable bonds is 0. The first kappa shape index (κ1) is 4.64. The molecule has 1 heteroatoms. The molecule has 0 aromatic heterocycles. The smallest absolute Gasteiger partial charge is 0.0834 e. The number of nitrogens with zero attached hydrogens (tertiary/aromatic N) is 1. The van der Waals surface area contributed by atoms with Crippen molar-refractivity contribution in [3.63, 3.8) is 0 Å². The van der Waals surface area contributed by atoms with Gasteiger partial charge in [0.05, 0.1) is 5.92 Å². The third-order valence-electron chi connectivity index (χ3n) is 1.22. The lowest BCUT2D eigenvalue weighted by atomic mass is 10.1. The molecule has 7 heavy (non-hydrogen) atoms. The summed E-state index contributed by atoms with van der Waals surface area (Å²) in [6.07, 6.45) is 2.54. The van der Waals surface area contributed by atoms with Crippen LogP contribution in [0.2, 0.25) is 0 Å². The van der Waals surface area contributed by atoms with E-state index in [0.717, 1.165) is 6.54 Å². The lowest BCUT2D eigenvalue weighted by molar-refractivity contribution is 0.626. The third-order valence-corrected chi connectivity index (χ3v) is 1.22. The molecule has 1 heterocycles. The van der Waals surface area contributed by atoms with Crippen LogP contribution in [0, 0.1) is 12.0 Å². The lowest BCUT2D eigenvalue weighted by Gasteiger charge is -1.94. The summed E-state index contributed by atoms with van der Waals surface area (Å²) in [5.41, 5.74) is 0. The van der Waals surface area contributed by atoms with Crippen molar-refractivity contribution in [3.8, 4) is 6.07 Å². The van der Waals surface area contributed by atoms with E-state index in [0.29, 0.717) is 5.92 Å². The first-order chi connectivity index (χ1) is 3.39. The zero-order valence-electron chi connectivity index (χ0n) is 4.65. The molecule has 0 fully saturated rings. The van der Waals surface area contributed by atoms with E-state index in [1.54, 1.807) is 0 Å². The molecule has 38 valence electrons. The first-order valence-corrected chi connectivity index (χ1v) is 2.81. The zero-order chi connectivity index (χ0) is 5.11. The van der Waals surface area contributed by atoms with Crippen LogP contribution in [0.5, 0.6) is 0 Å². The molecule has 1 rings (SSSR count). The van der Waals surface area contributed by atoms with Crippen LogP contribution in [-0.2, 0) is 0 Å². The Bertz CT molecular complexity index is 107. The van der Waals surface area contributed by atoms with Gasteiger partial charge in [0.15, 0.2) is 0 Å². The van der Waals surface area contributed by atoms with Gasteiger partial charge in [-0.15, -0.1) is 0 Å². The maximum atomic E-state index is 4.01. The van der Waals surface area contributed by atoms with E-state index in [-0.39, 0.29) is 0 Å². The van der Waals surface area contributed by atoms with Crippen molar-refractivity contribution in [2.45, 2.75) is 19.8 Å². The average molecular weight is 96.2 g/mol. The Morgan fingerprint density at radius 3 is 2.86 bits per heavy atom. The fraction of sp³-hybridized carbons (Fsp3) is 0.833. The minimum absolute atomic E-state index is 0.619. The van der Waals surface area contributed by atoms with Gasteiger partial charge in [0.25, 0.3) is 12.6 Å². The van der Waals surface area contributed by atoms with Gasteiger partial charge in [-0.1, -0.05) is 4.85 Å². The summed E-state index contributed by atoms with van der Waals surface area (Å²) in [4.78, 5) is 4.01. The first-order valence-electron chi connectivity index (χ1n) is 2.81. The minimum Gasteiger partial charge on any atom is -0.0834 e. The summed E-state index contributed by atoms with van der Waals surface area (Å²) >= 11 is 0. The fourth-order valence-corrected chi connectivity index (χ4v) is 0.761. The zero-order valence-corrected chi connectivity index (χ0v) is 4.65. The number of hydrogen-bond acceptors (Lipinski definition) is 0. The summed E-state index contributed by atoms with van der Waals surface area (Å²) in [5, 5.41) is 0. The second kappa shape index (κ2) is 1.97. The molecule has 0 N–H and O–H groups in total. The summed E-state index contributed by atoms with van der Waals surface area (Å²) in [6.45, 7) is 3.16. The SMILES string of the molecule is CC1C#[N+]CCC1. The third kappa shape index (κ3) is 1.19. The Morgan fingerprint density at radius 2 is 2.57 bits per heavy atom. The van der Waals surface area contributed by atoms with Crippen LogP contribution >= 0.6 is 0 Å². The molecule has 1 nitrogen and oxygen atoms in total. The van der Waals surface area contributed by atoms with Gasteiger partial charge in [-0.25, -0.2) is 0 Å². The van der Waals surface area contributed by atoms with E-state index in [2.05, 4.69) is 17.8 Å². The Kier molecular flexibility index (Phi) is 1.31. The Morgan fingerprint density at radius 1 is 1.71 bits per heavy atom. The summed E-state index contributed by atoms with van der Waals surface area (Å²) in [6, 6.07) is 3.01. The van der Waals surface area contributed by atoms with Crippen molar-refractivity contribution >= 4 is 0 Å². The summed E-state index contributed by atoms with van der Waals surface area (Å²) in [5.74, 6) is 0.619. The van der Waals surface area contributed by atoms with Gasteiger partial charge in [-0.05, 0) is 13.3 Å². The van der Waals surface area contributed by atoms with Crippen LogP contribution in [0.4, 0.5) is 0 Å². The van der Waals surface area contributed by atoms with Gasteiger partial charge >= 0.3 is 0 Å². The molecule has 1 aliphatic rings. The molecule has 1 unspecified atom stereocenters. The van der Waals surface area contributed by atoms with Gasteiger partial charge < -0.3 is 0 Å². The van der Waals surface area contributed by atoms with Gasteiger partial charge in [-0.3, -0.25) is 0 Å². The molecular weight excluding hydrogens is 86.1 g/mol. The highest BCUT2D eigenvalue weighted by atomic mass is 14.7. The molecule has 1 aliphatic heterocycles. The standard InChI is InChI=1S/C6H10N/c1-6-3-2-4-7-5-6/h6H,2-4H2,1H3/q+1. The van der Waals surface area contributed by atoms with E-state index in [4.69, 9.17) is 0 Å². The predicted octanol–water partition coefficient (Wildman–Crippen LogP) is 1.75. The molecule has 1 atom stereocenters. The van der Waals surface area contributed by atoms with Crippen molar-refractivity contribution in [3.05, 3.63) is 4.85 Å². The van der Waals surface area contributed by atoms with Crippen LogP contribution in [-0.4, -0.2) is 6.54 Å². The highest BCUT2D eigenvalue weighted by Crippen LogP contribution is 2.07. The van der Waals surface area contributed by atoms with Crippen LogP contribution in [0.1, 0.15) is 19.8 Å². The molecule has 0 aromatic rings. The molecule has 0 spiro atoms. The molecule has 0 amide bonds. The Balaban J connectivity index is 2.45. The highest BCUT2D eigenvalue weighted by molar-refractivity contribution is 4.95. The van der Waals surface area contributed by atoms with Gasteiger partial charge in [0.1, 0.15) is 0 Å². The quantitative estimate of drug-likeness (QED) is 0.432. The largest absolute Gasteiger partial charge is 0.275 e. The number of hydrogen-bond donors (Lipinski definition) is 0. The van der Waals surface area contributed by atoms with E-state index >= 15 is 0 Å². The maximum absolute atomic E-state index is 4.01. The maximum Gasteiger partial charge on any atom is 0.275 e. The van der Waals surface area contributed by atoms with E-state index in [1.165, 1.54) is 12.8 Å². The average Bonchev–Trinajstić information content (AvgIpc) is 1.69. The van der Waals surface area contributed by atoms with Crippen LogP contribution in [0.15, 0.2) is 0 Å². The van der Waals surface area contributed by atoms with Crippen molar-refractivity contribution in [1.82, 2.24) is 0 Å². The van der Waals surface area contributed by atoms with Gasteiger partial charge in [-0.2, -0.15) is 0 Å². The van der Waals surface area contributed by atoms with Crippen molar-refractivity contribution in [1.29, 1.82) is 0 Å². The molecule has 0 aromatic carbocycles. The van der Waals surface area contributed by atoms with Crippen molar-refractivity contribution in [2.24, 2.45) is 5.92 Å². The topological polar surface area (TPSA) is 4.36 Å². The predicted molar refractivity (Wildman–Crippen MR) is 30.5 cm³/mol.